The molecule has 0 saturated carbocycles. The van der Waals surface area contributed by atoms with Crippen LogP contribution >= 0.6 is 0 Å². The first-order valence-electron chi connectivity index (χ1n) is 16.0. The van der Waals surface area contributed by atoms with Gasteiger partial charge in [0.25, 0.3) is 21.8 Å². The van der Waals surface area contributed by atoms with Gasteiger partial charge in [-0.1, -0.05) is 29.8 Å². The average molecular weight is 767 g/mol. The number of aryl methyl sites for hydroxylation is 1. The van der Waals surface area contributed by atoms with E-state index in [0.717, 1.165) is 24.7 Å². The minimum Gasteiger partial charge on any atom is -0.448 e. The Kier molecular flexibility index (Phi) is 9.56. The van der Waals surface area contributed by atoms with Crippen LogP contribution in [-0.4, -0.2) is 59.4 Å². The van der Waals surface area contributed by atoms with E-state index in [-0.39, 0.29) is 45.4 Å². The molecule has 0 atom stereocenters. The number of hydrogen-bond donors (Lipinski definition) is 2. The van der Waals surface area contributed by atoms with E-state index in [2.05, 4.69) is 15.7 Å². The molecule has 2 aromatic heterocycles. The van der Waals surface area contributed by atoms with Gasteiger partial charge in [-0.25, -0.2) is 34.4 Å². The quantitative estimate of drug-likeness (QED) is 0.197. The largest absolute Gasteiger partial charge is 0.448 e. The Hall–Kier alpha value is -5.72. The predicted octanol–water partition coefficient (Wildman–Crippen LogP) is 5.46. The fourth-order valence-corrected chi connectivity index (χ4v) is 8.80. The third-order valence-electron chi connectivity index (χ3n) is 8.53. The maximum Gasteiger partial charge on any atom is 0.436 e. The highest BCUT2D eigenvalue weighted by Crippen LogP contribution is 2.45. The van der Waals surface area contributed by atoms with Crippen LogP contribution in [0.4, 0.5) is 25.1 Å². The Morgan fingerprint density at radius 1 is 0.868 bits per heavy atom. The molecule has 0 fully saturated rings. The highest BCUT2D eigenvalue weighted by Gasteiger charge is 2.49. The normalized spacial score (nSPS) is 14.1. The van der Waals surface area contributed by atoms with E-state index in [1.54, 1.807) is 25.1 Å². The summed E-state index contributed by atoms with van der Waals surface area (Å²) in [6, 6.07) is 15.2. The summed E-state index contributed by atoms with van der Waals surface area (Å²) >= 11 is 0. The average Bonchev–Trinajstić information content (AvgIpc) is 3.80. The molecule has 0 saturated heterocycles. The minimum absolute atomic E-state index is 0.0145. The van der Waals surface area contributed by atoms with E-state index in [4.69, 9.17) is 4.74 Å². The van der Waals surface area contributed by atoms with Gasteiger partial charge in [0.2, 0.25) is 10.0 Å². The zero-order valence-electron chi connectivity index (χ0n) is 28.6. The molecule has 3 heterocycles. The number of sulfonamides is 1. The van der Waals surface area contributed by atoms with Gasteiger partial charge in [0, 0.05) is 30.6 Å². The van der Waals surface area contributed by atoms with Crippen molar-refractivity contribution in [1.82, 2.24) is 18.1 Å². The second-order valence-electron chi connectivity index (χ2n) is 12.5. The van der Waals surface area contributed by atoms with Crippen LogP contribution in [0.1, 0.15) is 58.3 Å². The molecule has 0 unspecified atom stereocenters. The number of carbonyl (C=O) groups excluding carboxylic acids is 3. The predicted molar refractivity (Wildman–Crippen MR) is 187 cm³/mol. The Labute approximate surface area is 303 Å². The number of hydrogen-bond acceptors (Lipinski definition) is 9. The number of nitrogens with zero attached hydrogens (tertiary/aromatic N) is 4. The van der Waals surface area contributed by atoms with Gasteiger partial charge < -0.3 is 15.4 Å². The van der Waals surface area contributed by atoms with Gasteiger partial charge in [0.15, 0.2) is 0 Å². The summed E-state index contributed by atoms with van der Waals surface area (Å²) in [6.45, 7) is 5.80. The first kappa shape index (κ1) is 37.1. The number of halogens is 2. The van der Waals surface area contributed by atoms with E-state index < -0.39 is 66.6 Å². The second-order valence-corrected chi connectivity index (χ2v) is 16.2. The highest BCUT2D eigenvalue weighted by atomic mass is 32.2. The van der Waals surface area contributed by atoms with Crippen LogP contribution in [0.15, 0.2) is 95.0 Å². The zero-order chi connectivity index (χ0) is 38.5. The molecule has 2 amide bonds. The number of rotatable bonds is 9. The first-order chi connectivity index (χ1) is 24.9. The molecule has 0 bridgehead atoms. The van der Waals surface area contributed by atoms with E-state index >= 15 is 0 Å². The molecule has 5 aromatic rings. The molecule has 0 spiro atoms. The van der Waals surface area contributed by atoms with Gasteiger partial charge in [0.05, 0.1) is 44.4 Å². The number of aromatic nitrogens is 3. The van der Waals surface area contributed by atoms with Crippen molar-refractivity contribution in [3.8, 4) is 0 Å². The molecule has 3 aromatic carbocycles. The Bertz CT molecular complexity index is 2490. The van der Waals surface area contributed by atoms with Crippen molar-refractivity contribution in [3.05, 3.63) is 125 Å². The SMILES string of the molecule is CCOC(=O)n1nc2c(c1NC(=O)c1ccccc1NC(=O)c1ccn(S(=O)(=O)c3ccc(C)cc3)c1)CN(S(=O)(=O)c1cc(F)cc(F)c1)C2(C)C. The molecule has 1 aliphatic heterocycles. The number of para-hydroxylation sites is 1. The molecule has 14 nitrogen and oxygen atoms in total. The van der Waals surface area contributed by atoms with Crippen molar-refractivity contribution in [1.29, 1.82) is 0 Å². The number of fused-ring (bicyclic) bond motifs is 1. The van der Waals surface area contributed by atoms with Gasteiger partial charge in [-0.15, -0.1) is 4.68 Å². The lowest BCUT2D eigenvalue weighted by molar-refractivity contribution is 0.102. The molecule has 53 heavy (non-hydrogen) atoms. The summed E-state index contributed by atoms with van der Waals surface area (Å²) in [5.41, 5.74) is -0.552. The molecule has 0 radical (unpaired) electrons. The Balaban J connectivity index is 1.30. The summed E-state index contributed by atoms with van der Waals surface area (Å²) in [7, 11) is -8.55. The number of benzene rings is 3. The maximum atomic E-state index is 14.1. The molecular formula is C35H32F2N6O8S2. The summed E-state index contributed by atoms with van der Waals surface area (Å²) in [4.78, 5) is 39.6. The van der Waals surface area contributed by atoms with Crippen LogP contribution in [0.2, 0.25) is 0 Å². The highest BCUT2D eigenvalue weighted by molar-refractivity contribution is 7.90. The van der Waals surface area contributed by atoms with Crippen LogP contribution in [-0.2, 0) is 36.9 Å². The van der Waals surface area contributed by atoms with Crippen LogP contribution in [0.3, 0.4) is 0 Å². The number of nitrogens with one attached hydrogen (secondary N) is 2. The smallest absolute Gasteiger partial charge is 0.436 e. The van der Waals surface area contributed by atoms with Crippen LogP contribution < -0.4 is 10.6 Å². The van der Waals surface area contributed by atoms with Crippen LogP contribution in [0.5, 0.6) is 0 Å². The lowest BCUT2D eigenvalue weighted by Crippen LogP contribution is -2.41. The van der Waals surface area contributed by atoms with E-state index in [0.29, 0.717) is 18.2 Å². The van der Waals surface area contributed by atoms with Crippen molar-refractivity contribution in [3.63, 3.8) is 0 Å². The fraction of sp³-hybridized carbons (Fsp3) is 0.200. The lowest BCUT2D eigenvalue weighted by atomic mass is 10.0. The van der Waals surface area contributed by atoms with E-state index in [1.807, 2.05) is 6.92 Å². The molecule has 18 heteroatoms. The summed E-state index contributed by atoms with van der Waals surface area (Å²) in [6.07, 6.45) is 1.37. The summed E-state index contributed by atoms with van der Waals surface area (Å²) in [5.74, 6) is -4.03. The first-order valence-corrected chi connectivity index (χ1v) is 18.8. The number of anilines is 2. The number of carbonyl (C=O) groups is 3. The zero-order valence-corrected chi connectivity index (χ0v) is 30.3. The number of ether oxygens (including phenoxy) is 1. The van der Waals surface area contributed by atoms with Gasteiger partial charge in [0.1, 0.15) is 17.5 Å². The van der Waals surface area contributed by atoms with Crippen molar-refractivity contribution in [2.24, 2.45) is 0 Å². The lowest BCUT2D eigenvalue weighted by Gasteiger charge is -2.30. The van der Waals surface area contributed by atoms with Gasteiger partial charge in [-0.05, 0) is 70.2 Å². The Morgan fingerprint density at radius 2 is 1.53 bits per heavy atom. The van der Waals surface area contributed by atoms with E-state index in [1.165, 1.54) is 56.4 Å². The van der Waals surface area contributed by atoms with Crippen molar-refractivity contribution >= 4 is 49.5 Å². The van der Waals surface area contributed by atoms with Crippen LogP contribution in [0.25, 0.3) is 0 Å². The standard InChI is InChI=1S/C35H32F2N6O8S2/c1-5-51-34(46)43-31(28-20-42(35(3,4)30(28)40-43)53(49,50)26-17-23(36)16-24(37)18-26)39-33(45)27-8-6-7-9-29(27)38-32(44)22-14-15-41(19-22)52(47,48)25-12-10-21(2)11-13-25/h6-19H,5,20H2,1-4H3,(H,38,44)(H,39,45). The van der Waals surface area contributed by atoms with Crippen molar-refractivity contribution < 1.29 is 44.7 Å². The molecule has 276 valence electrons. The second kappa shape index (κ2) is 13.7. The van der Waals surface area contributed by atoms with Gasteiger partial charge in [-0.2, -0.15) is 9.40 Å². The van der Waals surface area contributed by atoms with E-state index in [9.17, 15) is 40.0 Å². The van der Waals surface area contributed by atoms with Crippen molar-refractivity contribution in [2.45, 2.75) is 49.6 Å². The number of amides is 2. The molecular weight excluding hydrogens is 735 g/mol. The summed E-state index contributed by atoms with van der Waals surface area (Å²) in [5, 5.41) is 9.52. The van der Waals surface area contributed by atoms with Crippen LogP contribution in [0, 0.1) is 18.6 Å². The molecule has 1 aliphatic rings. The topological polar surface area (TPSA) is 179 Å². The minimum atomic E-state index is -4.55. The van der Waals surface area contributed by atoms with Gasteiger partial charge >= 0.3 is 6.09 Å². The molecule has 0 aliphatic carbocycles. The van der Waals surface area contributed by atoms with Gasteiger partial charge in [-0.3, -0.25) is 9.59 Å². The summed E-state index contributed by atoms with van der Waals surface area (Å²) < 4.78 is 89.5. The van der Waals surface area contributed by atoms with Crippen molar-refractivity contribution in [2.75, 3.05) is 17.2 Å². The third-order valence-corrected chi connectivity index (χ3v) is 12.2. The molecule has 6 rings (SSSR count). The monoisotopic (exact) mass is 766 g/mol. The third kappa shape index (κ3) is 6.83. The fourth-order valence-electron chi connectivity index (χ4n) is 5.84. The molecule has 2 N–H and O–H groups in total. The maximum absolute atomic E-state index is 14.1. The Morgan fingerprint density at radius 3 is 2.19 bits per heavy atom.